The monoisotopic (exact) mass is 436 g/mol. The van der Waals surface area contributed by atoms with Crippen molar-refractivity contribution in [3.63, 3.8) is 0 Å². The highest BCUT2D eigenvalue weighted by molar-refractivity contribution is 7.11. The number of aromatic nitrogens is 2. The minimum atomic E-state index is -0.355. The zero-order chi connectivity index (χ0) is 21.9. The van der Waals surface area contributed by atoms with Crippen molar-refractivity contribution in [2.75, 3.05) is 0 Å². The van der Waals surface area contributed by atoms with Gasteiger partial charge < -0.3 is 0 Å². The van der Waals surface area contributed by atoms with Gasteiger partial charge in [0.05, 0.1) is 17.6 Å². The molecule has 2 heterocycles. The summed E-state index contributed by atoms with van der Waals surface area (Å²) < 4.78 is 1.81. The summed E-state index contributed by atoms with van der Waals surface area (Å²) in [7, 11) is 0. The molecule has 5 rings (SSSR count). The summed E-state index contributed by atoms with van der Waals surface area (Å²) in [5.74, 6) is -0.355. The summed E-state index contributed by atoms with van der Waals surface area (Å²) >= 11 is 1.55. The molecule has 156 valence electrons. The van der Waals surface area contributed by atoms with E-state index in [0.717, 1.165) is 32.8 Å². The Morgan fingerprint density at radius 1 is 0.969 bits per heavy atom. The van der Waals surface area contributed by atoms with Gasteiger partial charge in [0.15, 0.2) is 5.69 Å². The molecular formula is C26H20N4OS. The Balaban J connectivity index is 1.55. The summed E-state index contributed by atoms with van der Waals surface area (Å²) in [6, 6.07) is 28.2. The molecular weight excluding hydrogens is 416 g/mol. The minimum absolute atomic E-state index is 0.304. The third-order valence-electron chi connectivity index (χ3n) is 5.13. The van der Waals surface area contributed by atoms with Gasteiger partial charge in [-0.3, -0.25) is 4.79 Å². The second-order valence-electron chi connectivity index (χ2n) is 7.44. The number of amides is 1. The topological polar surface area (TPSA) is 59.3 Å². The Bertz CT molecular complexity index is 1430. The van der Waals surface area contributed by atoms with Crippen LogP contribution in [0, 0.1) is 6.92 Å². The first-order valence-electron chi connectivity index (χ1n) is 10.2. The molecule has 2 aromatic heterocycles. The van der Waals surface area contributed by atoms with Crippen molar-refractivity contribution in [3.8, 4) is 16.9 Å². The number of rotatable bonds is 5. The maximum atomic E-state index is 12.8. The lowest BCUT2D eigenvalue weighted by molar-refractivity contribution is 0.0949. The predicted octanol–water partition coefficient (Wildman–Crippen LogP) is 5.83. The van der Waals surface area contributed by atoms with Crippen LogP contribution in [0.2, 0.25) is 0 Å². The second-order valence-corrected chi connectivity index (χ2v) is 8.42. The lowest BCUT2D eigenvalue weighted by Gasteiger charge is -2.09. The molecule has 0 bridgehead atoms. The molecule has 3 aromatic carbocycles. The average Bonchev–Trinajstić information content (AvgIpc) is 3.49. The quantitative estimate of drug-likeness (QED) is 0.278. The molecule has 1 N–H and O–H groups in total. The first kappa shape index (κ1) is 19.9. The van der Waals surface area contributed by atoms with E-state index >= 15 is 0 Å². The molecule has 0 atom stereocenters. The highest BCUT2D eigenvalue weighted by atomic mass is 32.1. The van der Waals surface area contributed by atoms with Gasteiger partial charge in [-0.1, -0.05) is 54.6 Å². The predicted molar refractivity (Wildman–Crippen MR) is 131 cm³/mol. The van der Waals surface area contributed by atoms with Gasteiger partial charge in [-0.25, -0.2) is 10.1 Å². The molecule has 32 heavy (non-hydrogen) atoms. The fourth-order valence-electron chi connectivity index (χ4n) is 3.58. The van der Waals surface area contributed by atoms with Crippen LogP contribution in [-0.2, 0) is 0 Å². The molecule has 5 aromatic rings. The van der Waals surface area contributed by atoms with Crippen LogP contribution in [0.25, 0.3) is 27.7 Å². The molecule has 0 fully saturated rings. The fourth-order valence-corrected chi connectivity index (χ4v) is 4.16. The first-order valence-corrected chi connectivity index (χ1v) is 11.1. The van der Waals surface area contributed by atoms with Crippen molar-refractivity contribution in [2.24, 2.45) is 5.10 Å². The van der Waals surface area contributed by atoms with E-state index in [9.17, 15) is 4.79 Å². The van der Waals surface area contributed by atoms with E-state index in [1.807, 2.05) is 71.6 Å². The Labute approximate surface area is 189 Å². The number of nitrogens with one attached hydrogen (secondary N) is 1. The molecule has 0 aliphatic rings. The third-order valence-corrected chi connectivity index (χ3v) is 5.94. The number of hydrogen-bond acceptors (Lipinski definition) is 4. The average molecular weight is 437 g/mol. The van der Waals surface area contributed by atoms with Gasteiger partial charge in [-0.15, -0.1) is 11.3 Å². The van der Waals surface area contributed by atoms with Crippen molar-refractivity contribution in [1.29, 1.82) is 0 Å². The van der Waals surface area contributed by atoms with E-state index < -0.39 is 0 Å². The van der Waals surface area contributed by atoms with Crippen molar-refractivity contribution < 1.29 is 4.79 Å². The molecule has 1 amide bonds. The maximum Gasteiger partial charge on any atom is 0.291 e. The van der Waals surface area contributed by atoms with Gasteiger partial charge in [0.25, 0.3) is 5.91 Å². The van der Waals surface area contributed by atoms with Crippen LogP contribution in [0.3, 0.4) is 0 Å². The molecule has 0 aliphatic heterocycles. The SMILES string of the molecule is Cc1cccc(-n2nc(C(=O)N/N=C\c3cccs3)cc2-c2ccc3ccccc3c2)c1. The number of aryl methyl sites for hydroxylation is 1. The molecule has 6 heteroatoms. The minimum Gasteiger partial charge on any atom is -0.265 e. The van der Waals surface area contributed by atoms with Crippen LogP contribution in [-0.4, -0.2) is 21.9 Å². The van der Waals surface area contributed by atoms with Crippen LogP contribution in [0.1, 0.15) is 20.9 Å². The standard InChI is InChI=1S/C26H20N4OS/c1-18-6-4-9-22(14-18)30-25(21-12-11-19-7-2-3-8-20(19)15-21)16-24(29-30)26(31)28-27-17-23-10-5-13-32-23/h2-17H,1H3,(H,28,31)/b27-17-. The lowest BCUT2D eigenvalue weighted by Crippen LogP contribution is -2.18. The summed E-state index contributed by atoms with van der Waals surface area (Å²) in [5.41, 5.74) is 6.73. The summed E-state index contributed by atoms with van der Waals surface area (Å²) in [6.07, 6.45) is 1.63. The van der Waals surface area contributed by atoms with Gasteiger partial charge in [0.2, 0.25) is 0 Å². The molecule has 0 saturated heterocycles. The van der Waals surface area contributed by atoms with Crippen molar-refractivity contribution >= 4 is 34.2 Å². The number of hydrogen-bond donors (Lipinski definition) is 1. The Hall–Kier alpha value is -4.03. The molecule has 0 radical (unpaired) electrons. The zero-order valence-electron chi connectivity index (χ0n) is 17.4. The highest BCUT2D eigenvalue weighted by Crippen LogP contribution is 2.28. The van der Waals surface area contributed by atoms with Crippen molar-refractivity contribution in [1.82, 2.24) is 15.2 Å². The first-order chi connectivity index (χ1) is 15.7. The second kappa shape index (κ2) is 8.61. The lowest BCUT2D eigenvalue weighted by atomic mass is 10.0. The van der Waals surface area contributed by atoms with Crippen molar-refractivity contribution in [3.05, 3.63) is 106 Å². The number of hydrazone groups is 1. The van der Waals surface area contributed by atoms with Crippen LogP contribution >= 0.6 is 11.3 Å². The summed E-state index contributed by atoms with van der Waals surface area (Å²) in [4.78, 5) is 13.7. The Kier molecular flexibility index (Phi) is 5.35. The van der Waals surface area contributed by atoms with E-state index in [1.165, 1.54) is 5.39 Å². The van der Waals surface area contributed by atoms with E-state index in [1.54, 1.807) is 17.6 Å². The molecule has 0 spiro atoms. The van der Waals surface area contributed by atoms with E-state index in [4.69, 9.17) is 0 Å². The zero-order valence-corrected chi connectivity index (χ0v) is 18.2. The Morgan fingerprint density at radius 3 is 2.66 bits per heavy atom. The number of carbonyl (C=O) groups is 1. The third kappa shape index (κ3) is 4.08. The molecule has 5 nitrogen and oxygen atoms in total. The number of thiophene rings is 1. The van der Waals surface area contributed by atoms with Gasteiger partial charge in [-0.05, 0) is 59.0 Å². The van der Waals surface area contributed by atoms with Crippen LogP contribution in [0.5, 0.6) is 0 Å². The largest absolute Gasteiger partial charge is 0.291 e. The Morgan fingerprint density at radius 2 is 1.84 bits per heavy atom. The van der Waals surface area contributed by atoms with Gasteiger partial charge >= 0.3 is 0 Å². The van der Waals surface area contributed by atoms with Crippen LogP contribution in [0.4, 0.5) is 0 Å². The van der Waals surface area contributed by atoms with E-state index in [2.05, 4.69) is 46.0 Å². The maximum absolute atomic E-state index is 12.8. The van der Waals surface area contributed by atoms with Crippen LogP contribution in [0.15, 0.2) is 95.4 Å². The van der Waals surface area contributed by atoms with Gasteiger partial charge in [0.1, 0.15) is 0 Å². The van der Waals surface area contributed by atoms with Gasteiger partial charge in [-0.2, -0.15) is 10.2 Å². The number of fused-ring (bicyclic) bond motifs is 1. The van der Waals surface area contributed by atoms with Crippen LogP contribution < -0.4 is 5.43 Å². The highest BCUT2D eigenvalue weighted by Gasteiger charge is 2.17. The van der Waals surface area contributed by atoms with E-state index in [-0.39, 0.29) is 5.91 Å². The van der Waals surface area contributed by atoms with Gasteiger partial charge in [0, 0.05) is 10.4 Å². The number of benzene rings is 3. The summed E-state index contributed by atoms with van der Waals surface area (Å²) in [6.45, 7) is 2.04. The van der Waals surface area contributed by atoms with E-state index in [0.29, 0.717) is 5.69 Å². The van der Waals surface area contributed by atoms with Crippen molar-refractivity contribution in [2.45, 2.75) is 6.92 Å². The molecule has 0 saturated carbocycles. The normalized spacial score (nSPS) is 11.3. The molecule has 0 aliphatic carbocycles. The molecule has 0 unspecified atom stereocenters. The number of nitrogens with zero attached hydrogens (tertiary/aromatic N) is 3. The smallest absolute Gasteiger partial charge is 0.265 e. The fraction of sp³-hybridized carbons (Fsp3) is 0.0385. The summed E-state index contributed by atoms with van der Waals surface area (Å²) in [5, 5.41) is 13.0. The number of carbonyl (C=O) groups excluding carboxylic acids is 1.